The summed E-state index contributed by atoms with van der Waals surface area (Å²) in [5.41, 5.74) is 2.69. The average Bonchev–Trinajstić information content (AvgIpc) is 3.20. The maximum atomic E-state index is 13.1. The lowest BCUT2D eigenvalue weighted by Crippen LogP contribution is -2.41. The third-order valence-electron chi connectivity index (χ3n) is 5.16. The summed E-state index contributed by atoms with van der Waals surface area (Å²) in [5.74, 6) is 0.623. The first kappa shape index (κ1) is 18.2. The monoisotopic (exact) mass is 378 g/mol. The second kappa shape index (κ2) is 7.82. The Morgan fingerprint density at radius 3 is 2.86 bits per heavy atom. The van der Waals surface area contributed by atoms with Gasteiger partial charge in [0.2, 0.25) is 0 Å². The summed E-state index contributed by atoms with van der Waals surface area (Å²) in [6, 6.07) is 12.8. The number of benzene rings is 1. The molecule has 1 fully saturated rings. The number of carbonyl (C=O) groups is 1. The molecule has 1 amide bonds. The predicted molar refractivity (Wildman–Crippen MR) is 104 cm³/mol. The van der Waals surface area contributed by atoms with Crippen molar-refractivity contribution >= 4 is 5.91 Å². The lowest BCUT2D eigenvalue weighted by molar-refractivity contribution is 0.0228. The smallest absolute Gasteiger partial charge is 0.255 e. The topological polar surface area (TPSA) is 100 Å². The quantitative estimate of drug-likeness (QED) is 0.612. The van der Waals surface area contributed by atoms with E-state index in [1.54, 1.807) is 13.3 Å². The number of ether oxygens (including phenoxy) is 1. The molecule has 3 aromatic rings. The number of carbonyl (C=O) groups excluding carboxylic acids is 1. The fourth-order valence-electron chi connectivity index (χ4n) is 3.57. The van der Waals surface area contributed by atoms with Crippen molar-refractivity contribution in [3.05, 3.63) is 66.1 Å². The van der Waals surface area contributed by atoms with E-state index in [2.05, 4.69) is 20.5 Å². The Morgan fingerprint density at radius 2 is 2.14 bits per heavy atom. The molecule has 7 heteroatoms. The Hall–Kier alpha value is -3.19. The SMILES string of the molecule is COc1cccc(-c2[nH]ncc2C(=O)N[C@@H](c2ccccn2)C2CC(O)C2)c1. The number of methoxy groups -OCH3 is 1. The number of nitrogens with one attached hydrogen (secondary N) is 2. The Labute approximate surface area is 162 Å². The standard InChI is InChI=1S/C21H22N4O3/c1-28-16-6-4-5-13(11-16)19-17(12-23-25-19)21(27)24-20(14-9-15(26)10-14)18-7-2-3-8-22-18/h2-8,11-12,14-15,20,26H,9-10H2,1H3,(H,23,25)(H,24,27)/t14?,15?,20-/m1/s1. The third-order valence-corrected chi connectivity index (χ3v) is 5.16. The molecule has 0 spiro atoms. The van der Waals surface area contributed by atoms with Gasteiger partial charge in [-0.3, -0.25) is 14.9 Å². The number of hydrogen-bond donors (Lipinski definition) is 3. The van der Waals surface area contributed by atoms with Crippen LogP contribution in [0, 0.1) is 5.92 Å². The summed E-state index contributed by atoms with van der Waals surface area (Å²) in [5, 5.41) is 19.8. The molecule has 2 aromatic heterocycles. The average molecular weight is 378 g/mol. The first-order chi connectivity index (χ1) is 13.7. The molecule has 0 radical (unpaired) electrons. The molecule has 28 heavy (non-hydrogen) atoms. The largest absolute Gasteiger partial charge is 0.497 e. The molecule has 0 saturated heterocycles. The molecule has 1 saturated carbocycles. The number of amides is 1. The van der Waals surface area contributed by atoms with Crippen LogP contribution in [0.2, 0.25) is 0 Å². The number of aliphatic hydroxyl groups excluding tert-OH is 1. The number of aliphatic hydroxyl groups is 1. The van der Waals surface area contributed by atoms with Crippen LogP contribution in [-0.4, -0.2) is 39.4 Å². The fourth-order valence-corrected chi connectivity index (χ4v) is 3.57. The summed E-state index contributed by atoms with van der Waals surface area (Å²) in [6.07, 6.45) is 4.22. The van der Waals surface area contributed by atoms with Crippen LogP contribution in [0.25, 0.3) is 11.3 Å². The van der Waals surface area contributed by atoms with Gasteiger partial charge in [-0.15, -0.1) is 0 Å². The van der Waals surface area contributed by atoms with Crippen LogP contribution in [-0.2, 0) is 0 Å². The number of aromatic nitrogens is 3. The zero-order valence-corrected chi connectivity index (χ0v) is 15.5. The van der Waals surface area contributed by atoms with Gasteiger partial charge in [-0.1, -0.05) is 18.2 Å². The fraction of sp³-hybridized carbons (Fsp3) is 0.286. The second-order valence-corrected chi connectivity index (χ2v) is 6.98. The van der Waals surface area contributed by atoms with E-state index in [0.717, 1.165) is 11.3 Å². The highest BCUT2D eigenvalue weighted by atomic mass is 16.5. The van der Waals surface area contributed by atoms with Crippen LogP contribution in [0.1, 0.15) is 34.9 Å². The number of rotatable bonds is 6. The molecule has 1 aliphatic carbocycles. The van der Waals surface area contributed by atoms with E-state index in [-0.39, 0.29) is 24.0 Å². The molecule has 0 aliphatic heterocycles. The molecule has 0 bridgehead atoms. The second-order valence-electron chi connectivity index (χ2n) is 6.98. The van der Waals surface area contributed by atoms with Crippen molar-refractivity contribution in [1.82, 2.24) is 20.5 Å². The third kappa shape index (κ3) is 3.61. The number of hydrogen-bond acceptors (Lipinski definition) is 5. The minimum absolute atomic E-state index is 0.154. The van der Waals surface area contributed by atoms with E-state index < -0.39 is 0 Å². The Balaban J connectivity index is 1.60. The number of H-pyrrole nitrogens is 1. The van der Waals surface area contributed by atoms with Crippen LogP contribution >= 0.6 is 0 Å². The van der Waals surface area contributed by atoms with E-state index in [1.807, 2.05) is 42.5 Å². The summed E-state index contributed by atoms with van der Waals surface area (Å²) in [4.78, 5) is 17.5. The van der Waals surface area contributed by atoms with E-state index in [0.29, 0.717) is 29.8 Å². The summed E-state index contributed by atoms with van der Waals surface area (Å²) in [6.45, 7) is 0. The van der Waals surface area contributed by atoms with E-state index >= 15 is 0 Å². The highest BCUT2D eigenvalue weighted by Gasteiger charge is 2.36. The molecule has 4 rings (SSSR count). The molecule has 0 unspecified atom stereocenters. The lowest BCUT2D eigenvalue weighted by Gasteiger charge is -2.37. The molecule has 144 valence electrons. The molecule has 1 aliphatic rings. The van der Waals surface area contributed by atoms with E-state index in [4.69, 9.17) is 4.74 Å². The van der Waals surface area contributed by atoms with Crippen molar-refractivity contribution in [2.24, 2.45) is 5.92 Å². The first-order valence-corrected chi connectivity index (χ1v) is 9.23. The van der Waals surface area contributed by atoms with Crippen LogP contribution in [0.4, 0.5) is 0 Å². The minimum atomic E-state index is -0.311. The van der Waals surface area contributed by atoms with Crippen molar-refractivity contribution in [2.45, 2.75) is 25.0 Å². The van der Waals surface area contributed by atoms with Gasteiger partial charge in [-0.25, -0.2) is 0 Å². The van der Waals surface area contributed by atoms with E-state index in [9.17, 15) is 9.90 Å². The lowest BCUT2D eigenvalue weighted by atomic mass is 9.76. The van der Waals surface area contributed by atoms with Gasteiger partial charge in [0.15, 0.2) is 0 Å². The minimum Gasteiger partial charge on any atom is -0.497 e. The zero-order chi connectivity index (χ0) is 19.5. The Kier molecular flexibility index (Phi) is 5.08. The summed E-state index contributed by atoms with van der Waals surface area (Å²) < 4.78 is 5.27. The Morgan fingerprint density at radius 1 is 1.29 bits per heavy atom. The van der Waals surface area contributed by atoms with Crippen molar-refractivity contribution in [3.8, 4) is 17.0 Å². The van der Waals surface area contributed by atoms with Gasteiger partial charge in [0, 0.05) is 11.8 Å². The van der Waals surface area contributed by atoms with Crippen molar-refractivity contribution < 1.29 is 14.6 Å². The molecular weight excluding hydrogens is 356 g/mol. The molecule has 1 atom stereocenters. The number of pyridine rings is 1. The number of nitrogens with zero attached hydrogens (tertiary/aromatic N) is 2. The maximum absolute atomic E-state index is 13.1. The predicted octanol–water partition coefficient (Wildman–Crippen LogP) is 2.72. The van der Waals surface area contributed by atoms with Crippen molar-refractivity contribution in [2.75, 3.05) is 7.11 Å². The van der Waals surface area contributed by atoms with Gasteiger partial charge >= 0.3 is 0 Å². The van der Waals surface area contributed by atoms with Gasteiger partial charge in [-0.05, 0) is 43.0 Å². The van der Waals surface area contributed by atoms with Gasteiger partial charge < -0.3 is 15.2 Å². The molecule has 2 heterocycles. The van der Waals surface area contributed by atoms with Crippen LogP contribution < -0.4 is 10.1 Å². The summed E-state index contributed by atoms with van der Waals surface area (Å²) in [7, 11) is 1.60. The number of aromatic amines is 1. The molecular formula is C21H22N4O3. The van der Waals surface area contributed by atoms with Gasteiger partial charge in [-0.2, -0.15) is 5.10 Å². The molecule has 1 aromatic carbocycles. The summed E-state index contributed by atoms with van der Waals surface area (Å²) >= 11 is 0. The van der Waals surface area contributed by atoms with Crippen LogP contribution in [0.5, 0.6) is 5.75 Å². The first-order valence-electron chi connectivity index (χ1n) is 9.23. The highest BCUT2D eigenvalue weighted by Crippen LogP contribution is 2.37. The maximum Gasteiger partial charge on any atom is 0.255 e. The normalized spacial score (nSPS) is 19.5. The van der Waals surface area contributed by atoms with E-state index in [1.165, 1.54) is 6.20 Å². The van der Waals surface area contributed by atoms with Gasteiger partial charge in [0.25, 0.3) is 5.91 Å². The Bertz CT molecular complexity index is 951. The zero-order valence-electron chi connectivity index (χ0n) is 15.5. The molecule has 3 N–H and O–H groups in total. The van der Waals surface area contributed by atoms with Crippen LogP contribution in [0.15, 0.2) is 54.9 Å². The highest BCUT2D eigenvalue weighted by molar-refractivity contribution is 6.00. The van der Waals surface area contributed by atoms with Gasteiger partial charge in [0.05, 0.1) is 42.4 Å². The van der Waals surface area contributed by atoms with Gasteiger partial charge in [0.1, 0.15) is 5.75 Å². The molecule has 7 nitrogen and oxygen atoms in total. The van der Waals surface area contributed by atoms with Crippen molar-refractivity contribution in [3.63, 3.8) is 0 Å². The van der Waals surface area contributed by atoms with Crippen molar-refractivity contribution in [1.29, 1.82) is 0 Å². The van der Waals surface area contributed by atoms with Crippen LogP contribution in [0.3, 0.4) is 0 Å².